The van der Waals surface area contributed by atoms with E-state index in [1.807, 2.05) is 60.7 Å². The van der Waals surface area contributed by atoms with E-state index in [4.69, 9.17) is 4.52 Å². The van der Waals surface area contributed by atoms with Crippen LogP contribution < -0.4 is 9.79 Å². The van der Waals surface area contributed by atoms with Crippen molar-refractivity contribution in [1.82, 2.24) is 15.5 Å². The summed E-state index contributed by atoms with van der Waals surface area (Å²) >= 11 is 1.33. The summed E-state index contributed by atoms with van der Waals surface area (Å²) in [6.45, 7) is 0. The van der Waals surface area contributed by atoms with E-state index in [2.05, 4.69) is 20.5 Å². The van der Waals surface area contributed by atoms with Crippen LogP contribution in [0.15, 0.2) is 70.2 Å². The quantitative estimate of drug-likeness (QED) is 0.416. The molecule has 0 amide bonds. The molecule has 0 unspecified atom stereocenters. The summed E-state index contributed by atoms with van der Waals surface area (Å²) in [4.78, 5) is 4.24. The number of hydrogen-bond acceptors (Lipinski definition) is 7. The van der Waals surface area contributed by atoms with Crippen molar-refractivity contribution in [3.05, 3.63) is 66.4 Å². The lowest BCUT2D eigenvalue weighted by Crippen LogP contribution is -2.36. The highest BCUT2D eigenvalue weighted by Crippen LogP contribution is 2.27. The van der Waals surface area contributed by atoms with E-state index in [1.165, 1.54) is 22.2 Å². The van der Waals surface area contributed by atoms with Crippen LogP contribution in [-0.2, 0) is 0 Å². The molecule has 0 saturated carbocycles. The Balaban J connectivity index is 1.63. The van der Waals surface area contributed by atoms with Gasteiger partial charge in [0.25, 0.3) is 5.69 Å². The zero-order chi connectivity index (χ0) is 17.1. The number of rotatable bonds is 4. The number of aromatic nitrogens is 4. The zero-order valence-corrected chi connectivity index (χ0v) is 13.6. The van der Waals surface area contributed by atoms with Crippen molar-refractivity contribution in [3.8, 4) is 22.2 Å². The van der Waals surface area contributed by atoms with Crippen molar-refractivity contribution in [2.75, 3.05) is 0 Å². The summed E-state index contributed by atoms with van der Waals surface area (Å²) in [6, 6.07) is 18.9. The van der Waals surface area contributed by atoms with E-state index in [9.17, 15) is 5.11 Å². The van der Waals surface area contributed by atoms with Gasteiger partial charge in [-0.25, -0.2) is 4.99 Å². The van der Waals surface area contributed by atoms with Crippen molar-refractivity contribution in [1.29, 1.82) is 0 Å². The van der Waals surface area contributed by atoms with Crippen LogP contribution in [0.4, 0.5) is 5.13 Å². The molecular weight excluding hydrogens is 338 g/mol. The Bertz CT molecular complexity index is 1010. The lowest BCUT2D eigenvalue weighted by atomic mass is 10.2. The Labute approximate surface area is 146 Å². The smallest absolute Gasteiger partial charge is 0.281 e. The van der Waals surface area contributed by atoms with Crippen LogP contribution in [0.3, 0.4) is 0 Å². The molecule has 0 radical (unpaired) electrons. The van der Waals surface area contributed by atoms with Gasteiger partial charge in [0.2, 0.25) is 10.8 Å². The van der Waals surface area contributed by atoms with E-state index in [1.54, 1.807) is 0 Å². The molecular formula is C17H11N5O2S. The van der Waals surface area contributed by atoms with E-state index in [-0.39, 0.29) is 5.69 Å². The van der Waals surface area contributed by atoms with Gasteiger partial charge < -0.3 is 9.63 Å². The van der Waals surface area contributed by atoms with Crippen molar-refractivity contribution < 1.29 is 14.3 Å². The van der Waals surface area contributed by atoms with Crippen molar-refractivity contribution in [2.45, 2.75) is 0 Å². The Kier molecular flexibility index (Phi) is 4.01. The Hall–Kier alpha value is -3.39. The maximum Gasteiger partial charge on any atom is 0.281 e. The molecule has 25 heavy (non-hydrogen) atoms. The van der Waals surface area contributed by atoms with Gasteiger partial charge >= 0.3 is 0 Å². The zero-order valence-electron chi connectivity index (χ0n) is 12.8. The third-order valence-electron chi connectivity index (χ3n) is 3.38. The van der Waals surface area contributed by atoms with Gasteiger partial charge in [-0.3, -0.25) is 0 Å². The highest BCUT2D eigenvalue weighted by Gasteiger charge is 2.18. The van der Waals surface area contributed by atoms with E-state index >= 15 is 0 Å². The first-order chi connectivity index (χ1) is 12.3. The molecule has 0 aliphatic rings. The lowest BCUT2D eigenvalue weighted by Gasteiger charge is -1.91. The summed E-state index contributed by atoms with van der Waals surface area (Å²) in [5.41, 5.74) is 1.88. The Morgan fingerprint density at radius 2 is 1.72 bits per heavy atom. The molecule has 0 fully saturated rings. The molecule has 0 saturated heterocycles. The molecule has 0 aliphatic heterocycles. The molecule has 2 heterocycles. The number of aliphatic imine (C=N–C) groups is 1. The van der Waals surface area contributed by atoms with Crippen LogP contribution in [-0.4, -0.2) is 21.7 Å². The Morgan fingerprint density at radius 3 is 2.48 bits per heavy atom. The van der Waals surface area contributed by atoms with Gasteiger partial charge in [-0.2, -0.15) is 0 Å². The molecule has 2 aromatic heterocycles. The van der Waals surface area contributed by atoms with E-state index in [0.29, 0.717) is 10.8 Å². The number of hydrogen-bond donors (Lipinski definition) is 0. The SMILES string of the molecule is [O-]c1on[n+](-c2ccccc2)c1C=Nc1nnc(-c2ccccc2)s1. The minimum atomic E-state index is -0.569. The highest BCUT2D eigenvalue weighted by atomic mass is 32.1. The second kappa shape index (κ2) is 6.62. The van der Waals surface area contributed by atoms with Crippen molar-refractivity contribution in [3.63, 3.8) is 0 Å². The van der Waals surface area contributed by atoms with Crippen LogP contribution in [0, 0.1) is 0 Å². The summed E-state index contributed by atoms with van der Waals surface area (Å²) in [6.07, 6.45) is 1.39. The molecule has 0 spiro atoms. The van der Waals surface area contributed by atoms with Crippen LogP contribution in [0.1, 0.15) is 5.69 Å². The predicted octanol–water partition coefficient (Wildman–Crippen LogP) is 2.29. The van der Waals surface area contributed by atoms with Crippen LogP contribution >= 0.6 is 11.3 Å². The van der Waals surface area contributed by atoms with Crippen LogP contribution in [0.2, 0.25) is 0 Å². The van der Waals surface area contributed by atoms with Gasteiger partial charge in [0.1, 0.15) is 11.2 Å². The summed E-state index contributed by atoms with van der Waals surface area (Å²) < 4.78 is 6.14. The monoisotopic (exact) mass is 349 g/mol. The molecule has 0 aliphatic carbocycles. The molecule has 0 bridgehead atoms. The number of benzene rings is 2. The first-order valence-electron chi connectivity index (χ1n) is 7.39. The van der Waals surface area contributed by atoms with Crippen LogP contribution in [0.25, 0.3) is 16.3 Å². The molecule has 8 heteroatoms. The standard InChI is InChI=1S/C17H11N5O2S/c23-16-14(22(21-24-16)13-9-5-2-6-10-13)11-18-17-20-19-15(25-17)12-7-3-1-4-8-12/h1-11H. The third-order valence-corrected chi connectivity index (χ3v) is 4.26. The van der Waals surface area contributed by atoms with Crippen LogP contribution in [0.5, 0.6) is 5.95 Å². The largest absolute Gasteiger partial charge is 0.539 e. The topological polar surface area (TPSA) is 91.1 Å². The first kappa shape index (κ1) is 15.2. The lowest BCUT2D eigenvalue weighted by molar-refractivity contribution is -0.671. The molecule has 2 aromatic carbocycles. The van der Waals surface area contributed by atoms with Gasteiger partial charge in [-0.15, -0.1) is 10.2 Å². The van der Waals surface area contributed by atoms with Gasteiger partial charge in [-0.1, -0.05) is 59.9 Å². The minimum absolute atomic E-state index is 0.211. The van der Waals surface area contributed by atoms with Crippen molar-refractivity contribution >= 4 is 22.7 Å². The van der Waals surface area contributed by atoms with Crippen molar-refractivity contribution in [2.24, 2.45) is 4.99 Å². The summed E-state index contributed by atoms with van der Waals surface area (Å²) in [5.74, 6) is -0.569. The maximum absolute atomic E-state index is 11.9. The number of para-hydroxylation sites is 1. The molecule has 122 valence electrons. The highest BCUT2D eigenvalue weighted by molar-refractivity contribution is 7.18. The van der Waals surface area contributed by atoms with E-state index < -0.39 is 5.95 Å². The maximum atomic E-state index is 11.9. The van der Waals surface area contributed by atoms with Gasteiger partial charge in [-0.05, 0) is 4.68 Å². The normalized spacial score (nSPS) is 11.2. The molecule has 0 N–H and O–H groups in total. The molecule has 7 nitrogen and oxygen atoms in total. The van der Waals surface area contributed by atoms with Gasteiger partial charge in [0.15, 0.2) is 5.95 Å². The fraction of sp³-hybridized carbons (Fsp3) is 0. The molecule has 4 aromatic rings. The van der Waals surface area contributed by atoms with E-state index in [0.717, 1.165) is 10.6 Å². The minimum Gasteiger partial charge on any atom is -0.539 e. The Morgan fingerprint density at radius 1 is 1.00 bits per heavy atom. The second-order valence-corrected chi connectivity index (χ2v) is 5.96. The average Bonchev–Trinajstić information content (AvgIpc) is 3.28. The van der Waals surface area contributed by atoms with Gasteiger partial charge in [0.05, 0.1) is 5.27 Å². The second-order valence-electron chi connectivity index (χ2n) is 5.01. The predicted molar refractivity (Wildman–Crippen MR) is 90.1 cm³/mol. The number of nitrogens with zero attached hydrogens (tertiary/aromatic N) is 5. The average molecular weight is 349 g/mol. The summed E-state index contributed by atoms with van der Waals surface area (Å²) in [5, 5.41) is 25.0. The molecule has 0 atom stereocenters. The fourth-order valence-corrected chi connectivity index (χ4v) is 2.89. The third kappa shape index (κ3) is 3.15. The molecule has 4 rings (SSSR count). The fourth-order valence-electron chi connectivity index (χ4n) is 2.20. The summed E-state index contributed by atoms with van der Waals surface area (Å²) in [7, 11) is 0. The first-order valence-corrected chi connectivity index (χ1v) is 8.20. The van der Waals surface area contributed by atoms with Gasteiger partial charge in [0, 0.05) is 17.7 Å².